The molecule has 2 nitrogen and oxygen atoms in total. The number of rotatable bonds is 2. The Bertz CT molecular complexity index is 433. The highest BCUT2D eigenvalue weighted by Gasteiger charge is 2.29. The van der Waals surface area contributed by atoms with Crippen molar-refractivity contribution in [3.63, 3.8) is 0 Å². The summed E-state index contributed by atoms with van der Waals surface area (Å²) in [6, 6.07) is 8.19. The fourth-order valence-electron chi connectivity index (χ4n) is 3.18. The lowest BCUT2D eigenvalue weighted by Gasteiger charge is -2.24. The van der Waals surface area contributed by atoms with Gasteiger partial charge in [-0.15, -0.1) is 0 Å². The second-order valence-electron chi connectivity index (χ2n) is 5.76. The maximum Gasteiger partial charge on any atom is 0.0245 e. The molecule has 2 saturated heterocycles. The second-order valence-corrected chi connectivity index (χ2v) is 6.61. The fourth-order valence-corrected chi connectivity index (χ4v) is 3.80. The summed E-state index contributed by atoms with van der Waals surface area (Å²) in [5.74, 6) is 0. The van der Waals surface area contributed by atoms with E-state index in [-0.39, 0.29) is 0 Å². The Kier molecular flexibility index (Phi) is 3.73. The molecule has 0 aliphatic carbocycles. The predicted octanol–water partition coefficient (Wildman–Crippen LogP) is 3.08. The first-order chi connectivity index (χ1) is 8.70. The van der Waals surface area contributed by atoms with Crippen molar-refractivity contribution in [2.75, 3.05) is 13.1 Å². The average Bonchev–Trinajstić information content (AvgIpc) is 2.66. The molecule has 18 heavy (non-hydrogen) atoms. The zero-order valence-electron chi connectivity index (χ0n) is 11.0. The van der Waals surface area contributed by atoms with Crippen LogP contribution in [0.1, 0.15) is 30.4 Å². The molecule has 2 atom stereocenters. The molecular weight excluding hydrogens is 288 g/mol. The number of aryl methyl sites for hydroxylation is 1. The van der Waals surface area contributed by atoms with Gasteiger partial charge in [-0.2, -0.15) is 0 Å². The minimum atomic E-state index is 0.724. The topological polar surface area (TPSA) is 15.3 Å². The Morgan fingerprint density at radius 2 is 2.11 bits per heavy atom. The smallest absolute Gasteiger partial charge is 0.0245 e. The summed E-state index contributed by atoms with van der Waals surface area (Å²) in [5, 5.41) is 3.74. The van der Waals surface area contributed by atoms with Crippen LogP contribution in [0.2, 0.25) is 0 Å². The molecule has 0 aromatic heterocycles. The predicted molar refractivity (Wildman–Crippen MR) is 78.7 cm³/mol. The maximum atomic E-state index is 3.74. The van der Waals surface area contributed by atoms with E-state index in [1.165, 1.54) is 48.0 Å². The normalized spacial score (nSPS) is 28.3. The molecule has 2 bridgehead atoms. The molecule has 1 N–H and O–H groups in total. The van der Waals surface area contributed by atoms with Crippen molar-refractivity contribution in [3.05, 3.63) is 33.8 Å². The van der Waals surface area contributed by atoms with E-state index in [1.807, 2.05) is 0 Å². The number of fused-ring (bicyclic) bond motifs is 2. The molecule has 3 rings (SSSR count). The average molecular weight is 309 g/mol. The van der Waals surface area contributed by atoms with E-state index in [1.54, 1.807) is 0 Å². The SMILES string of the molecule is Cc1ccc(CN2CCC3CCC(C2)N3)c(Br)c1. The van der Waals surface area contributed by atoms with Gasteiger partial charge in [-0.1, -0.05) is 28.1 Å². The lowest BCUT2D eigenvalue weighted by Crippen LogP contribution is -2.35. The molecule has 2 fully saturated rings. The van der Waals surface area contributed by atoms with Crippen LogP contribution in [0.3, 0.4) is 0 Å². The van der Waals surface area contributed by atoms with E-state index in [0.29, 0.717) is 0 Å². The van der Waals surface area contributed by atoms with Crippen molar-refractivity contribution >= 4 is 15.9 Å². The molecule has 1 aromatic rings. The van der Waals surface area contributed by atoms with E-state index in [0.717, 1.165) is 18.6 Å². The quantitative estimate of drug-likeness (QED) is 0.903. The molecule has 0 amide bonds. The third-order valence-electron chi connectivity index (χ3n) is 4.21. The fraction of sp³-hybridized carbons (Fsp3) is 0.600. The molecular formula is C15H21BrN2. The lowest BCUT2D eigenvalue weighted by molar-refractivity contribution is 0.250. The summed E-state index contributed by atoms with van der Waals surface area (Å²) in [6.45, 7) is 5.65. The van der Waals surface area contributed by atoms with Gasteiger partial charge in [0.1, 0.15) is 0 Å². The van der Waals surface area contributed by atoms with Crippen LogP contribution in [-0.2, 0) is 6.54 Å². The Labute approximate surface area is 118 Å². The lowest BCUT2D eigenvalue weighted by atomic mass is 10.1. The van der Waals surface area contributed by atoms with Crippen molar-refractivity contribution in [1.29, 1.82) is 0 Å². The van der Waals surface area contributed by atoms with Crippen LogP contribution in [0.25, 0.3) is 0 Å². The highest BCUT2D eigenvalue weighted by molar-refractivity contribution is 9.10. The Morgan fingerprint density at radius 3 is 2.94 bits per heavy atom. The van der Waals surface area contributed by atoms with Gasteiger partial charge in [-0.3, -0.25) is 4.90 Å². The molecule has 98 valence electrons. The van der Waals surface area contributed by atoms with Gasteiger partial charge >= 0.3 is 0 Å². The molecule has 0 radical (unpaired) electrons. The first-order valence-electron chi connectivity index (χ1n) is 6.94. The van der Waals surface area contributed by atoms with E-state index in [9.17, 15) is 0 Å². The Morgan fingerprint density at radius 1 is 1.28 bits per heavy atom. The number of nitrogens with zero attached hydrogens (tertiary/aromatic N) is 1. The number of likely N-dealkylation sites (tertiary alicyclic amines) is 1. The van der Waals surface area contributed by atoms with Gasteiger partial charge in [0, 0.05) is 36.2 Å². The Balaban J connectivity index is 1.68. The van der Waals surface area contributed by atoms with Crippen molar-refractivity contribution < 1.29 is 0 Å². The zero-order valence-corrected chi connectivity index (χ0v) is 12.5. The summed E-state index contributed by atoms with van der Waals surface area (Å²) in [6.07, 6.45) is 4.04. The van der Waals surface area contributed by atoms with Crippen LogP contribution >= 0.6 is 15.9 Å². The highest BCUT2D eigenvalue weighted by atomic mass is 79.9. The first-order valence-corrected chi connectivity index (χ1v) is 7.73. The van der Waals surface area contributed by atoms with Crippen molar-refractivity contribution in [2.24, 2.45) is 0 Å². The van der Waals surface area contributed by atoms with Crippen LogP contribution in [0, 0.1) is 6.92 Å². The van der Waals surface area contributed by atoms with E-state index >= 15 is 0 Å². The summed E-state index contributed by atoms with van der Waals surface area (Å²) >= 11 is 3.69. The van der Waals surface area contributed by atoms with Gasteiger partial charge in [0.25, 0.3) is 0 Å². The molecule has 2 aliphatic rings. The van der Waals surface area contributed by atoms with Crippen molar-refractivity contribution in [1.82, 2.24) is 10.2 Å². The Hall–Kier alpha value is -0.380. The number of hydrogen-bond acceptors (Lipinski definition) is 2. The van der Waals surface area contributed by atoms with Crippen LogP contribution in [0.15, 0.2) is 22.7 Å². The van der Waals surface area contributed by atoms with Crippen LogP contribution in [-0.4, -0.2) is 30.1 Å². The molecule has 0 spiro atoms. The second kappa shape index (κ2) is 5.32. The maximum absolute atomic E-state index is 3.74. The molecule has 1 aromatic carbocycles. The van der Waals surface area contributed by atoms with E-state index < -0.39 is 0 Å². The first kappa shape index (κ1) is 12.6. The summed E-state index contributed by atoms with van der Waals surface area (Å²) < 4.78 is 1.25. The number of halogens is 1. The summed E-state index contributed by atoms with van der Waals surface area (Å²) in [4.78, 5) is 2.60. The summed E-state index contributed by atoms with van der Waals surface area (Å²) in [7, 11) is 0. The van der Waals surface area contributed by atoms with Gasteiger partial charge in [0.2, 0.25) is 0 Å². The van der Waals surface area contributed by atoms with Gasteiger partial charge in [-0.25, -0.2) is 0 Å². The molecule has 2 aliphatic heterocycles. The van der Waals surface area contributed by atoms with Crippen LogP contribution < -0.4 is 5.32 Å². The third-order valence-corrected chi connectivity index (χ3v) is 4.95. The van der Waals surface area contributed by atoms with Gasteiger partial charge in [0.15, 0.2) is 0 Å². The standard InChI is InChI=1S/C15H21BrN2/c1-11-2-3-12(15(16)8-11)9-18-7-6-13-4-5-14(10-18)17-13/h2-3,8,13-14,17H,4-7,9-10H2,1H3. The van der Waals surface area contributed by atoms with Crippen LogP contribution in [0.4, 0.5) is 0 Å². The number of benzene rings is 1. The minimum absolute atomic E-state index is 0.724. The zero-order chi connectivity index (χ0) is 12.5. The number of nitrogens with one attached hydrogen (secondary N) is 1. The molecule has 2 heterocycles. The largest absolute Gasteiger partial charge is 0.310 e. The van der Waals surface area contributed by atoms with Crippen molar-refractivity contribution in [3.8, 4) is 0 Å². The molecule has 3 heteroatoms. The monoisotopic (exact) mass is 308 g/mol. The number of hydrogen-bond donors (Lipinski definition) is 1. The van der Waals surface area contributed by atoms with Gasteiger partial charge in [-0.05, 0) is 43.4 Å². The van der Waals surface area contributed by atoms with Crippen molar-refractivity contribution in [2.45, 2.75) is 44.8 Å². The van der Waals surface area contributed by atoms with Gasteiger partial charge < -0.3 is 5.32 Å². The van der Waals surface area contributed by atoms with Crippen LogP contribution in [0.5, 0.6) is 0 Å². The summed E-state index contributed by atoms with van der Waals surface area (Å²) in [5.41, 5.74) is 2.74. The molecule has 2 unspecified atom stereocenters. The van der Waals surface area contributed by atoms with Gasteiger partial charge in [0.05, 0.1) is 0 Å². The minimum Gasteiger partial charge on any atom is -0.310 e. The van der Waals surface area contributed by atoms with E-state index in [2.05, 4.69) is 51.3 Å². The molecule has 0 saturated carbocycles. The van der Waals surface area contributed by atoms with E-state index in [4.69, 9.17) is 0 Å². The third kappa shape index (κ3) is 2.79. The highest BCUT2D eigenvalue weighted by Crippen LogP contribution is 2.24.